The van der Waals surface area contributed by atoms with Crippen molar-refractivity contribution in [1.82, 2.24) is 0 Å². The van der Waals surface area contributed by atoms with Crippen molar-refractivity contribution < 1.29 is 14.3 Å². The van der Waals surface area contributed by atoms with Crippen molar-refractivity contribution in [1.29, 1.82) is 0 Å². The molecule has 24 heavy (non-hydrogen) atoms. The van der Waals surface area contributed by atoms with Gasteiger partial charge in [0, 0.05) is 12.2 Å². The van der Waals surface area contributed by atoms with Gasteiger partial charge in [-0.25, -0.2) is 0 Å². The molecule has 2 aromatic carbocycles. The Bertz CT molecular complexity index is 696. The van der Waals surface area contributed by atoms with E-state index in [1.807, 2.05) is 51.1 Å². The Labute approximate surface area is 150 Å². The van der Waals surface area contributed by atoms with Crippen LogP contribution in [-0.4, -0.2) is 25.3 Å². The van der Waals surface area contributed by atoms with E-state index in [0.29, 0.717) is 30.4 Å². The van der Waals surface area contributed by atoms with Crippen LogP contribution < -0.4 is 10.0 Å². The maximum atomic E-state index is 12.6. The molecule has 3 nitrogen and oxygen atoms in total. The number of carbonyl (C=O) groups is 1. The van der Waals surface area contributed by atoms with E-state index in [1.165, 1.54) is 0 Å². The number of halogens is 1. The first-order chi connectivity index (χ1) is 11.5. The summed E-state index contributed by atoms with van der Waals surface area (Å²) in [5.41, 5.74) is 2.63. The molecule has 0 N–H and O–H groups in total. The van der Waals surface area contributed by atoms with E-state index in [4.69, 9.17) is 21.1 Å². The van der Waals surface area contributed by atoms with E-state index in [9.17, 15) is 4.79 Å². The summed E-state index contributed by atoms with van der Waals surface area (Å²) in [5, 5.41) is 1.53. The van der Waals surface area contributed by atoms with Crippen LogP contribution in [0.15, 0.2) is 36.4 Å². The molecule has 0 bridgehead atoms. The smallest absolute Gasteiger partial charge is 0.187 e. The van der Waals surface area contributed by atoms with Crippen molar-refractivity contribution in [2.24, 2.45) is 0 Å². The molecule has 0 saturated carbocycles. The second-order valence-electron chi connectivity index (χ2n) is 5.41. The van der Waals surface area contributed by atoms with Gasteiger partial charge in [-0.05, 0) is 64.0 Å². The van der Waals surface area contributed by atoms with Gasteiger partial charge in [0.2, 0.25) is 0 Å². The van der Waals surface area contributed by atoms with Gasteiger partial charge in [0.05, 0.1) is 11.6 Å². The third-order valence-electron chi connectivity index (χ3n) is 3.60. The first-order valence-electron chi connectivity index (χ1n) is 7.90. The third kappa shape index (κ3) is 5.04. The topological polar surface area (TPSA) is 35.5 Å². The zero-order chi connectivity index (χ0) is 17.5. The van der Waals surface area contributed by atoms with Crippen LogP contribution in [0.3, 0.4) is 0 Å². The first kappa shape index (κ1) is 18.9. The largest absolute Gasteiger partial charge is 0.491 e. The van der Waals surface area contributed by atoms with Gasteiger partial charge < -0.3 is 9.47 Å². The van der Waals surface area contributed by atoms with Gasteiger partial charge in [0.15, 0.2) is 5.52 Å². The molecule has 0 aliphatic carbocycles. The van der Waals surface area contributed by atoms with E-state index < -0.39 is 0 Å². The fraction of sp³-hybridized carbons (Fsp3) is 0.316. The van der Waals surface area contributed by atoms with Crippen molar-refractivity contribution in [2.75, 3.05) is 19.8 Å². The highest BCUT2D eigenvalue weighted by Crippen LogP contribution is 2.28. The molecule has 2 aromatic rings. The fourth-order valence-electron chi connectivity index (χ4n) is 2.33. The quantitative estimate of drug-likeness (QED) is 0.510. The molecule has 0 aliphatic rings. The molecule has 0 aliphatic heterocycles. The molecule has 0 radical (unpaired) electrons. The predicted molar refractivity (Wildman–Crippen MR) is 102 cm³/mol. The maximum absolute atomic E-state index is 12.6. The molecule has 2 rings (SSSR count). The zero-order valence-corrected chi connectivity index (χ0v) is 15.9. The van der Waals surface area contributed by atoms with E-state index >= 15 is 0 Å². The summed E-state index contributed by atoms with van der Waals surface area (Å²) in [7, 11) is 0.0424. The second kappa shape index (κ2) is 9.17. The molecule has 0 spiro atoms. The van der Waals surface area contributed by atoms with Gasteiger partial charge in [-0.1, -0.05) is 29.8 Å². The van der Waals surface area contributed by atoms with Crippen molar-refractivity contribution in [3.8, 4) is 5.75 Å². The van der Waals surface area contributed by atoms with Crippen LogP contribution in [0.1, 0.15) is 28.4 Å². The SMILES string of the molecule is CCOCCOc1ccc(PC(=O)c2c(C)cccc2Cl)c(C)c1. The van der Waals surface area contributed by atoms with Crippen molar-refractivity contribution in [3.05, 3.63) is 58.1 Å². The molecular weight excluding hydrogens is 343 g/mol. The predicted octanol–water partition coefficient (Wildman–Crippen LogP) is 4.52. The highest BCUT2D eigenvalue weighted by Gasteiger charge is 2.15. The first-order valence-corrected chi connectivity index (χ1v) is 9.28. The van der Waals surface area contributed by atoms with Gasteiger partial charge in [-0.3, -0.25) is 4.79 Å². The van der Waals surface area contributed by atoms with Crippen LogP contribution in [0.5, 0.6) is 5.75 Å². The minimum atomic E-state index is 0.0424. The standard InChI is InChI=1S/C19H22ClO3P/c1-4-22-10-11-23-15-8-9-17(14(3)12-15)24-19(21)18-13(2)6-5-7-16(18)20/h5-9,12,24H,4,10-11H2,1-3H3. The Balaban J connectivity index is 2.06. The van der Waals surface area contributed by atoms with E-state index in [-0.39, 0.29) is 14.1 Å². The Morgan fingerprint density at radius 3 is 2.58 bits per heavy atom. The van der Waals surface area contributed by atoms with E-state index in [0.717, 1.165) is 22.2 Å². The third-order valence-corrected chi connectivity index (χ3v) is 5.22. The van der Waals surface area contributed by atoms with Gasteiger partial charge in [0.25, 0.3) is 0 Å². The van der Waals surface area contributed by atoms with Crippen molar-refractivity contribution >= 4 is 31.0 Å². The Kier molecular flexibility index (Phi) is 7.23. The summed E-state index contributed by atoms with van der Waals surface area (Å²) >= 11 is 6.19. The van der Waals surface area contributed by atoms with Crippen LogP contribution in [0.2, 0.25) is 5.02 Å². The normalized spacial score (nSPS) is 11.2. The molecule has 5 heteroatoms. The summed E-state index contributed by atoms with van der Waals surface area (Å²) < 4.78 is 10.9. The van der Waals surface area contributed by atoms with Gasteiger partial charge in [-0.15, -0.1) is 0 Å². The molecule has 0 aromatic heterocycles. The minimum absolute atomic E-state index is 0.0424. The molecule has 1 atom stereocenters. The average molecular weight is 365 g/mol. The summed E-state index contributed by atoms with van der Waals surface area (Å²) in [5.74, 6) is 0.794. The molecule has 0 saturated heterocycles. The van der Waals surface area contributed by atoms with Crippen molar-refractivity contribution in [3.63, 3.8) is 0 Å². The molecular formula is C19H22ClO3P. The lowest BCUT2D eigenvalue weighted by molar-refractivity contribution is 0.108. The summed E-state index contributed by atoms with van der Waals surface area (Å²) in [4.78, 5) is 12.6. The fourth-order valence-corrected chi connectivity index (χ4v) is 3.86. The molecule has 1 unspecified atom stereocenters. The summed E-state index contributed by atoms with van der Waals surface area (Å²) in [6.45, 7) is 7.63. The van der Waals surface area contributed by atoms with Gasteiger partial charge in [-0.2, -0.15) is 0 Å². The number of aryl methyl sites for hydroxylation is 2. The van der Waals surface area contributed by atoms with Crippen molar-refractivity contribution in [2.45, 2.75) is 20.8 Å². The number of hydrogen-bond acceptors (Lipinski definition) is 3. The van der Waals surface area contributed by atoms with Gasteiger partial charge >= 0.3 is 0 Å². The summed E-state index contributed by atoms with van der Waals surface area (Å²) in [6.07, 6.45) is 0. The van der Waals surface area contributed by atoms with Crippen LogP contribution >= 0.6 is 20.2 Å². The highest BCUT2D eigenvalue weighted by atomic mass is 35.5. The number of benzene rings is 2. The number of ether oxygens (including phenoxy) is 2. The maximum Gasteiger partial charge on any atom is 0.187 e. The van der Waals surface area contributed by atoms with Crippen LogP contribution in [0.4, 0.5) is 0 Å². The second-order valence-corrected chi connectivity index (χ2v) is 7.06. The van der Waals surface area contributed by atoms with Crippen LogP contribution in [0.25, 0.3) is 0 Å². The average Bonchev–Trinajstić information content (AvgIpc) is 2.54. The monoisotopic (exact) mass is 364 g/mol. The number of hydrogen-bond donors (Lipinski definition) is 0. The zero-order valence-electron chi connectivity index (χ0n) is 14.2. The lowest BCUT2D eigenvalue weighted by Gasteiger charge is -2.11. The molecule has 128 valence electrons. The van der Waals surface area contributed by atoms with Crippen LogP contribution in [-0.2, 0) is 4.74 Å². The van der Waals surface area contributed by atoms with Crippen LogP contribution in [0, 0.1) is 13.8 Å². The lowest BCUT2D eigenvalue weighted by Crippen LogP contribution is -2.09. The molecule has 0 heterocycles. The Morgan fingerprint density at radius 1 is 1.12 bits per heavy atom. The highest BCUT2D eigenvalue weighted by molar-refractivity contribution is 7.66. The van der Waals surface area contributed by atoms with Gasteiger partial charge in [0.1, 0.15) is 12.4 Å². The lowest BCUT2D eigenvalue weighted by atomic mass is 10.1. The minimum Gasteiger partial charge on any atom is -0.491 e. The summed E-state index contributed by atoms with van der Waals surface area (Å²) in [6, 6.07) is 11.3. The molecule has 0 amide bonds. The molecule has 0 fully saturated rings. The Morgan fingerprint density at radius 2 is 1.92 bits per heavy atom. The number of carbonyl (C=O) groups excluding carboxylic acids is 1. The van der Waals surface area contributed by atoms with E-state index in [2.05, 4.69) is 0 Å². The van der Waals surface area contributed by atoms with E-state index in [1.54, 1.807) is 6.07 Å². The Hall–Kier alpha value is -1.41. The number of rotatable bonds is 8.